The summed E-state index contributed by atoms with van der Waals surface area (Å²) >= 11 is 0. The number of nitrogens with zero attached hydrogens (tertiary/aromatic N) is 6. The van der Waals surface area contributed by atoms with Gasteiger partial charge in [-0.3, -0.25) is 0 Å². The second kappa shape index (κ2) is 32.9. The van der Waals surface area contributed by atoms with E-state index in [9.17, 15) is 5.26 Å². The Kier molecular flexibility index (Phi) is 20.5. The van der Waals surface area contributed by atoms with Gasteiger partial charge >= 0.3 is 0 Å². The minimum atomic E-state index is -1.46. The van der Waals surface area contributed by atoms with Crippen molar-refractivity contribution in [2.75, 3.05) is 19.6 Å². The van der Waals surface area contributed by atoms with Gasteiger partial charge in [0.05, 0.1) is 40.0 Å². The van der Waals surface area contributed by atoms with Crippen LogP contribution in [0.3, 0.4) is 0 Å². The largest absolute Gasteiger partial charge is 0.456 e. The smallest absolute Gasteiger partial charge is 0.187 e. The van der Waals surface area contributed by atoms with Gasteiger partial charge in [0.2, 0.25) is 0 Å². The molecular weight excluding hydrogens is 1610 g/mol. The fourth-order valence-electron chi connectivity index (χ4n) is 19.8. The summed E-state index contributed by atoms with van der Waals surface area (Å²) < 4.78 is 13.8. The molecule has 2 aliphatic heterocycles. The number of rotatable bonds is 16. The normalized spacial score (nSPS) is 11.9. The number of hydrogen-bond acceptors (Lipinski definition) is 7. The van der Waals surface area contributed by atoms with Crippen molar-refractivity contribution in [3.8, 4) is 73.6 Å². The molecule has 20 aromatic rings. The van der Waals surface area contributed by atoms with Crippen molar-refractivity contribution in [3.05, 3.63) is 427 Å². The van der Waals surface area contributed by atoms with Crippen molar-refractivity contribution in [2.45, 2.75) is 67.0 Å². The third kappa shape index (κ3) is 14.6. The van der Waals surface area contributed by atoms with Gasteiger partial charge in [-0.25, -0.2) is 4.85 Å². The molecule has 0 amide bonds. The summed E-state index contributed by atoms with van der Waals surface area (Å²) in [7, 11) is -2.89. The first-order valence-corrected chi connectivity index (χ1v) is 51.6. The van der Waals surface area contributed by atoms with Crippen LogP contribution in [0.25, 0.3) is 114 Å². The molecule has 10 heteroatoms. The molecule has 0 spiro atoms. The van der Waals surface area contributed by atoms with Gasteiger partial charge in [0.25, 0.3) is 0 Å². The first-order chi connectivity index (χ1) is 63.3. The number of fused-ring (bicyclic) bond motifs is 12. The highest BCUT2D eigenvalue weighted by Crippen LogP contribution is 2.56. The lowest BCUT2D eigenvalue weighted by Gasteiger charge is -2.30. The van der Waals surface area contributed by atoms with Crippen LogP contribution in [0, 0.1) is 45.6 Å². The van der Waals surface area contributed by atoms with E-state index >= 15 is 0 Å². The van der Waals surface area contributed by atoms with Gasteiger partial charge < -0.3 is 29.1 Å². The molecule has 0 aromatic heterocycles. The zero-order chi connectivity index (χ0) is 88.8. The van der Waals surface area contributed by atoms with E-state index in [1.807, 2.05) is 36.4 Å². The highest BCUT2D eigenvalue weighted by molar-refractivity contribution is 6.89. The minimum absolute atomic E-state index is 0.648. The molecule has 2 heterocycles. The Morgan fingerprint density at radius 3 is 0.923 bits per heavy atom. The summed E-state index contributed by atoms with van der Waals surface area (Å²) in [4.78, 5) is 13.0. The van der Waals surface area contributed by atoms with Crippen molar-refractivity contribution in [1.82, 2.24) is 0 Å². The van der Waals surface area contributed by atoms with E-state index in [-0.39, 0.29) is 0 Å². The molecule has 0 radical (unpaired) electrons. The zero-order valence-electron chi connectivity index (χ0n) is 74.5. The molecule has 0 unspecified atom stereocenters. The maximum Gasteiger partial charge on any atom is 0.187 e. The molecule has 0 bridgehead atoms. The van der Waals surface area contributed by atoms with Gasteiger partial charge in [-0.1, -0.05) is 256 Å². The molecule has 0 saturated carbocycles. The predicted molar refractivity (Wildman–Crippen MR) is 554 cm³/mol. The molecule has 130 heavy (non-hydrogen) atoms. The van der Waals surface area contributed by atoms with E-state index < -0.39 is 16.1 Å². The van der Waals surface area contributed by atoms with Crippen LogP contribution in [-0.2, 0) is 0 Å². The van der Waals surface area contributed by atoms with Crippen molar-refractivity contribution < 1.29 is 9.47 Å². The zero-order valence-corrected chi connectivity index (χ0v) is 76.5. The summed E-state index contributed by atoms with van der Waals surface area (Å²) in [5.74, 6) is 3.37. The number of nitriles is 1. The molecule has 8 nitrogen and oxygen atoms in total. The summed E-state index contributed by atoms with van der Waals surface area (Å²) in [5.41, 5.74) is 27.5. The van der Waals surface area contributed by atoms with Crippen LogP contribution in [0.5, 0.6) is 23.0 Å². The molecular formula is C120H94N6O2Si2. The van der Waals surface area contributed by atoms with Crippen molar-refractivity contribution in [1.29, 1.82) is 5.26 Å². The van der Waals surface area contributed by atoms with Gasteiger partial charge in [-0.15, -0.1) is 0 Å². The molecule has 20 aromatic carbocycles. The Labute approximate surface area is 762 Å². The van der Waals surface area contributed by atoms with Crippen molar-refractivity contribution >= 4 is 165 Å². The Morgan fingerprint density at radius 1 is 0.254 bits per heavy atom. The third-order valence-electron chi connectivity index (χ3n) is 26.0. The van der Waals surface area contributed by atoms with Crippen LogP contribution in [0.4, 0.5) is 73.9 Å². The predicted octanol–water partition coefficient (Wildman–Crippen LogP) is 33.8. The Balaban J connectivity index is 0.000000157. The molecule has 0 aliphatic carbocycles. The lowest BCUT2D eigenvalue weighted by atomic mass is 9.86. The van der Waals surface area contributed by atoms with Crippen molar-refractivity contribution in [3.63, 3.8) is 0 Å². The second-order valence-corrected chi connectivity index (χ2v) is 46.5. The second-order valence-electron chi connectivity index (χ2n) is 36.4. The summed E-state index contributed by atoms with van der Waals surface area (Å²) in [5, 5.41) is 26.9. The van der Waals surface area contributed by atoms with Gasteiger partial charge in [0.15, 0.2) is 5.69 Å². The average molecular weight is 1710 g/mol. The van der Waals surface area contributed by atoms with E-state index in [1.54, 1.807) is 0 Å². The fourth-order valence-corrected chi connectivity index (χ4v) is 22.2. The quantitative estimate of drug-likeness (QED) is 0.0543. The van der Waals surface area contributed by atoms with Gasteiger partial charge in [0.1, 0.15) is 23.0 Å². The molecule has 2 aliphatic rings. The first-order valence-electron chi connectivity index (χ1n) is 44.6. The first kappa shape index (κ1) is 81.2. The topological polar surface area (TPSA) is 59.6 Å². The Hall–Kier alpha value is -15.8. The van der Waals surface area contributed by atoms with E-state index in [2.05, 4.69) is 449 Å². The maximum atomic E-state index is 9.75. The molecule has 0 N–H and O–H groups in total. The average Bonchev–Trinajstić information content (AvgIpc) is 0.716. The van der Waals surface area contributed by atoms with Crippen LogP contribution in [0.2, 0.25) is 39.3 Å². The highest BCUT2D eigenvalue weighted by Gasteiger charge is 2.31. The molecule has 624 valence electrons. The van der Waals surface area contributed by atoms with E-state index in [4.69, 9.17) is 16.0 Å². The van der Waals surface area contributed by atoms with Crippen molar-refractivity contribution in [2.24, 2.45) is 0 Å². The van der Waals surface area contributed by atoms with Crippen LogP contribution in [-0.4, -0.2) is 16.1 Å². The molecule has 22 rings (SSSR count). The minimum Gasteiger partial charge on any atom is -0.456 e. The Morgan fingerprint density at radius 2 is 0.546 bits per heavy atom. The summed E-state index contributed by atoms with van der Waals surface area (Å²) in [6.45, 7) is 30.4. The number of ether oxygens (including phenoxy) is 2. The van der Waals surface area contributed by atoms with Crippen LogP contribution in [0.1, 0.15) is 27.8 Å². The number of benzene rings is 20. The fraction of sp³-hybridized carbons (Fsp3) is 0.0833. The van der Waals surface area contributed by atoms with Crippen LogP contribution >= 0.6 is 0 Å². The standard InChI is InChI=1S/C60H42N4O.C60H52N2OSi2/c1-37-29-41(36-61)30-38(2)59(37)64(45-17-10-7-11-18-45)47-27-28-50-55-35-53-49-20-13-12-19-48(49)52(34-54(53)51-21-14-22-56(58(51)55)65-57(50)33-47)42-23-25-46(26-24-42)63(44-15-8-6-9-16-44)60-39(3)31-43(62-5)32-40(60)4;1-64(2,3)48-33-28-45(29-34-48)61(42-16-9-7-10-17-42)44-26-24-41(25-27-44)54-39-56-53-22-15-23-58-60(53)57(40-55(56)51-21-14-13-20-50(51)54)52-37-32-47(38-59(52)63-58)62(43-18-11-8-12-19-43)46-30-35-49(36-31-46)65(4,5)6/h6-35H,1-4H3;7-40H,1-6H3. The highest BCUT2D eigenvalue weighted by atomic mass is 28.3. The monoisotopic (exact) mass is 1710 g/mol. The van der Waals surface area contributed by atoms with Gasteiger partial charge in [0, 0.05) is 96.6 Å². The lowest BCUT2D eigenvalue weighted by Crippen LogP contribution is -2.37. The summed E-state index contributed by atoms with van der Waals surface area (Å²) in [6, 6.07) is 142. The van der Waals surface area contributed by atoms with Crippen LogP contribution < -0.4 is 39.4 Å². The summed E-state index contributed by atoms with van der Waals surface area (Å²) in [6.07, 6.45) is 0. The number of aryl methyl sites for hydroxylation is 4. The molecule has 0 saturated heterocycles. The SMILES string of the molecule is C[Si](C)(C)c1ccc(N(c2ccccc2)c2ccc(-c3cc4c5cccc6c5c(cc4c4ccccc34)-c3ccc(N(c4ccccc4)c4ccc([Si](C)(C)C)cc4)cc3O6)cc2)cc1.[C-]#[N+]c1cc(C)c(N(c2ccccc2)c2ccc(-c3cc4c5cccc6c5c(cc4c4ccccc34)-c3ccc(N(c4ccccc4)c4c(C)cc(C#N)cc4C)cc3O6)cc2)c(C)c1. The number of para-hydroxylation sites is 4. The third-order valence-corrected chi connectivity index (χ3v) is 30.1. The Bertz CT molecular complexity index is 7930. The maximum absolute atomic E-state index is 9.75. The lowest BCUT2D eigenvalue weighted by molar-refractivity contribution is 0.487. The number of anilines is 12. The molecule has 0 fully saturated rings. The van der Waals surface area contributed by atoms with E-state index in [1.165, 1.54) is 75.5 Å². The van der Waals surface area contributed by atoms with Crippen LogP contribution in [0.15, 0.2) is 388 Å². The van der Waals surface area contributed by atoms with Gasteiger partial charge in [-0.05, 0) is 307 Å². The van der Waals surface area contributed by atoms with E-state index in [0.717, 1.165) is 157 Å². The number of hydrogen-bond donors (Lipinski definition) is 0. The van der Waals surface area contributed by atoms with Gasteiger partial charge in [-0.2, -0.15) is 5.26 Å². The van der Waals surface area contributed by atoms with E-state index in [0.29, 0.717) is 11.3 Å². The molecule has 0 atom stereocenters.